The van der Waals surface area contributed by atoms with Gasteiger partial charge in [0.25, 0.3) is 5.91 Å². The van der Waals surface area contributed by atoms with Crippen molar-refractivity contribution < 1.29 is 19.4 Å². The van der Waals surface area contributed by atoms with Crippen LogP contribution in [0, 0.1) is 5.92 Å². The predicted molar refractivity (Wildman–Crippen MR) is 89.5 cm³/mol. The third kappa shape index (κ3) is 3.33. The number of ether oxygens (including phenoxy) is 2. The quantitative estimate of drug-likeness (QED) is 0.849. The number of aliphatic hydroxyl groups excluding tert-OH is 1. The average Bonchev–Trinajstić information content (AvgIpc) is 3.27. The third-order valence-electron chi connectivity index (χ3n) is 3.94. The van der Waals surface area contributed by atoms with Crippen molar-refractivity contribution in [3.8, 4) is 11.5 Å². The predicted octanol–water partition coefficient (Wildman–Crippen LogP) is 3.46. The van der Waals surface area contributed by atoms with Crippen LogP contribution in [-0.4, -0.2) is 25.2 Å². The zero-order valence-corrected chi connectivity index (χ0v) is 13.9. The SMILES string of the molecule is COc1cc(NC(=O)c2cccs2)c(C(O)C2CC2)cc1OC. The highest BCUT2D eigenvalue weighted by Crippen LogP contribution is 2.45. The molecule has 1 unspecified atom stereocenters. The van der Waals surface area contributed by atoms with Crippen molar-refractivity contribution in [1.29, 1.82) is 0 Å². The molecule has 1 aliphatic rings. The van der Waals surface area contributed by atoms with Crippen molar-refractivity contribution in [1.82, 2.24) is 0 Å². The highest BCUT2D eigenvalue weighted by molar-refractivity contribution is 7.12. The molecule has 0 bridgehead atoms. The van der Waals surface area contributed by atoms with Crippen LogP contribution in [0.5, 0.6) is 11.5 Å². The first-order valence-corrected chi connectivity index (χ1v) is 8.31. The summed E-state index contributed by atoms with van der Waals surface area (Å²) in [6.45, 7) is 0. The molecule has 23 heavy (non-hydrogen) atoms. The van der Waals surface area contributed by atoms with Gasteiger partial charge in [0.1, 0.15) is 0 Å². The number of aliphatic hydroxyl groups is 1. The van der Waals surface area contributed by atoms with Crippen LogP contribution >= 0.6 is 11.3 Å². The molecule has 1 saturated carbocycles. The first-order chi connectivity index (χ1) is 11.1. The molecule has 1 fully saturated rings. The summed E-state index contributed by atoms with van der Waals surface area (Å²) in [5.41, 5.74) is 1.22. The average molecular weight is 333 g/mol. The van der Waals surface area contributed by atoms with Crippen LogP contribution in [0.4, 0.5) is 5.69 Å². The van der Waals surface area contributed by atoms with Crippen LogP contribution in [0.2, 0.25) is 0 Å². The zero-order chi connectivity index (χ0) is 16.4. The van der Waals surface area contributed by atoms with E-state index in [0.717, 1.165) is 12.8 Å². The Morgan fingerprint density at radius 2 is 2.00 bits per heavy atom. The fourth-order valence-corrected chi connectivity index (χ4v) is 3.12. The van der Waals surface area contributed by atoms with Gasteiger partial charge in [-0.15, -0.1) is 11.3 Å². The number of hydrogen-bond donors (Lipinski definition) is 2. The van der Waals surface area contributed by atoms with E-state index in [4.69, 9.17) is 9.47 Å². The van der Waals surface area contributed by atoms with Gasteiger partial charge in [0.15, 0.2) is 11.5 Å². The number of nitrogens with one attached hydrogen (secondary N) is 1. The van der Waals surface area contributed by atoms with Crippen LogP contribution in [0.3, 0.4) is 0 Å². The summed E-state index contributed by atoms with van der Waals surface area (Å²) in [5, 5.41) is 15.3. The molecule has 0 radical (unpaired) electrons. The number of carbonyl (C=O) groups excluding carboxylic acids is 1. The number of amides is 1. The molecule has 122 valence electrons. The van der Waals surface area contributed by atoms with Crippen molar-refractivity contribution in [2.24, 2.45) is 5.92 Å². The topological polar surface area (TPSA) is 67.8 Å². The first-order valence-electron chi connectivity index (χ1n) is 7.43. The van der Waals surface area contributed by atoms with Crippen molar-refractivity contribution in [2.45, 2.75) is 18.9 Å². The monoisotopic (exact) mass is 333 g/mol. The molecule has 5 nitrogen and oxygen atoms in total. The number of carbonyl (C=O) groups is 1. The van der Waals surface area contributed by atoms with Crippen LogP contribution in [-0.2, 0) is 0 Å². The Labute approximate surface area is 138 Å². The molecule has 2 N–H and O–H groups in total. The fraction of sp³-hybridized carbons (Fsp3) is 0.353. The number of hydrogen-bond acceptors (Lipinski definition) is 5. The van der Waals surface area contributed by atoms with Crippen LogP contribution < -0.4 is 14.8 Å². The molecule has 1 heterocycles. The Morgan fingerprint density at radius 3 is 2.57 bits per heavy atom. The number of thiophene rings is 1. The lowest BCUT2D eigenvalue weighted by atomic mass is 10.0. The summed E-state index contributed by atoms with van der Waals surface area (Å²) in [6.07, 6.45) is 1.37. The molecule has 1 aromatic heterocycles. The number of rotatable bonds is 6. The lowest BCUT2D eigenvalue weighted by molar-refractivity contribution is 0.102. The summed E-state index contributed by atoms with van der Waals surface area (Å²) in [5.74, 6) is 1.10. The summed E-state index contributed by atoms with van der Waals surface area (Å²) in [7, 11) is 3.09. The summed E-state index contributed by atoms with van der Waals surface area (Å²) in [6, 6.07) is 7.03. The minimum Gasteiger partial charge on any atom is -0.493 e. The van der Waals surface area contributed by atoms with Crippen LogP contribution in [0.25, 0.3) is 0 Å². The van der Waals surface area contributed by atoms with E-state index in [0.29, 0.717) is 27.6 Å². The Balaban J connectivity index is 1.96. The van der Waals surface area contributed by atoms with E-state index in [-0.39, 0.29) is 11.8 Å². The number of anilines is 1. The van der Waals surface area contributed by atoms with Crippen molar-refractivity contribution >= 4 is 22.9 Å². The molecule has 1 aliphatic carbocycles. The van der Waals surface area contributed by atoms with E-state index in [1.807, 2.05) is 11.4 Å². The third-order valence-corrected chi connectivity index (χ3v) is 4.80. The van der Waals surface area contributed by atoms with Gasteiger partial charge in [-0.05, 0) is 36.3 Å². The Morgan fingerprint density at radius 1 is 1.30 bits per heavy atom. The molecule has 0 saturated heterocycles. The second-order valence-electron chi connectivity index (χ2n) is 5.51. The largest absolute Gasteiger partial charge is 0.493 e. The molecule has 3 rings (SSSR count). The lowest BCUT2D eigenvalue weighted by Gasteiger charge is -2.19. The zero-order valence-electron chi connectivity index (χ0n) is 13.0. The van der Waals surface area contributed by atoms with Gasteiger partial charge in [-0.2, -0.15) is 0 Å². The van der Waals surface area contributed by atoms with Gasteiger partial charge in [0.2, 0.25) is 0 Å². The summed E-state index contributed by atoms with van der Waals surface area (Å²) >= 11 is 1.37. The van der Waals surface area contributed by atoms with Gasteiger partial charge >= 0.3 is 0 Å². The molecule has 0 spiro atoms. The van der Waals surface area contributed by atoms with Gasteiger partial charge in [-0.25, -0.2) is 0 Å². The molecular weight excluding hydrogens is 314 g/mol. The Bertz CT molecular complexity index is 695. The van der Waals surface area contributed by atoms with Crippen LogP contribution in [0.15, 0.2) is 29.6 Å². The minimum absolute atomic E-state index is 0.198. The highest BCUT2D eigenvalue weighted by Gasteiger charge is 2.33. The van der Waals surface area contributed by atoms with E-state index in [2.05, 4.69) is 5.32 Å². The van der Waals surface area contributed by atoms with E-state index in [1.54, 1.807) is 32.4 Å². The second kappa shape index (κ2) is 6.60. The second-order valence-corrected chi connectivity index (χ2v) is 6.46. The molecule has 1 aromatic carbocycles. The summed E-state index contributed by atoms with van der Waals surface area (Å²) < 4.78 is 10.6. The van der Waals surface area contributed by atoms with Crippen LogP contribution in [0.1, 0.15) is 34.2 Å². The maximum absolute atomic E-state index is 12.3. The van der Waals surface area contributed by atoms with E-state index < -0.39 is 6.10 Å². The molecule has 2 aromatic rings. The fourth-order valence-electron chi connectivity index (χ4n) is 2.51. The molecule has 1 amide bonds. The van der Waals surface area contributed by atoms with E-state index in [9.17, 15) is 9.90 Å². The standard InChI is InChI=1S/C17H19NO4S/c1-21-13-8-11(16(19)10-5-6-10)12(9-14(13)22-2)18-17(20)15-4-3-7-23-15/h3-4,7-10,16,19H,5-6H2,1-2H3,(H,18,20). The molecule has 1 atom stereocenters. The number of benzene rings is 1. The van der Waals surface area contributed by atoms with Crippen molar-refractivity contribution in [3.05, 3.63) is 40.1 Å². The lowest BCUT2D eigenvalue weighted by Crippen LogP contribution is -2.14. The first kappa shape index (κ1) is 15.8. The van der Waals surface area contributed by atoms with E-state index >= 15 is 0 Å². The van der Waals surface area contributed by atoms with Gasteiger partial charge in [-0.3, -0.25) is 4.79 Å². The van der Waals surface area contributed by atoms with Gasteiger partial charge < -0.3 is 19.9 Å². The Kier molecular flexibility index (Phi) is 4.54. The van der Waals surface area contributed by atoms with Gasteiger partial charge in [-0.1, -0.05) is 6.07 Å². The van der Waals surface area contributed by atoms with Crippen molar-refractivity contribution in [3.63, 3.8) is 0 Å². The minimum atomic E-state index is -0.617. The molecular formula is C17H19NO4S. The number of methoxy groups -OCH3 is 2. The maximum atomic E-state index is 12.3. The van der Waals surface area contributed by atoms with E-state index in [1.165, 1.54) is 11.3 Å². The smallest absolute Gasteiger partial charge is 0.265 e. The van der Waals surface area contributed by atoms with Crippen molar-refractivity contribution in [2.75, 3.05) is 19.5 Å². The molecule has 6 heteroatoms. The van der Waals surface area contributed by atoms with Gasteiger partial charge in [0.05, 0.1) is 30.9 Å². The maximum Gasteiger partial charge on any atom is 0.265 e. The molecule has 0 aliphatic heterocycles. The van der Waals surface area contributed by atoms with Gasteiger partial charge in [0, 0.05) is 11.6 Å². The highest BCUT2D eigenvalue weighted by atomic mass is 32.1. The summed E-state index contributed by atoms with van der Waals surface area (Å²) in [4.78, 5) is 13.0. The normalized spacial score (nSPS) is 15.1. The Hall–Kier alpha value is -2.05.